The summed E-state index contributed by atoms with van der Waals surface area (Å²) < 4.78 is 38.1. The van der Waals surface area contributed by atoms with E-state index in [2.05, 4.69) is 15.9 Å². The van der Waals surface area contributed by atoms with Gasteiger partial charge < -0.3 is 0 Å². The fraction of sp³-hybridized carbons (Fsp3) is 0.333. The lowest BCUT2D eigenvalue weighted by Crippen LogP contribution is -2.02. The predicted molar refractivity (Wildman–Crippen MR) is 48.4 cm³/mol. The van der Waals surface area contributed by atoms with Gasteiger partial charge in [0.15, 0.2) is 17.5 Å². The third-order valence-electron chi connectivity index (χ3n) is 1.62. The quantitative estimate of drug-likeness (QED) is 0.559. The standard InChI is InChI=1S/C9H8BrF3/c1-5(10)4-6-2-3-7(11)9(13)8(6)12/h2-3,5H,4H2,1H3. The molecule has 1 aromatic rings. The van der Waals surface area contributed by atoms with E-state index in [4.69, 9.17) is 0 Å². The van der Waals surface area contributed by atoms with Crippen LogP contribution < -0.4 is 0 Å². The van der Waals surface area contributed by atoms with Crippen molar-refractivity contribution in [1.82, 2.24) is 0 Å². The number of hydrogen-bond acceptors (Lipinski definition) is 0. The van der Waals surface area contributed by atoms with Gasteiger partial charge in [0, 0.05) is 4.83 Å². The Morgan fingerprint density at radius 1 is 1.23 bits per heavy atom. The van der Waals surface area contributed by atoms with Gasteiger partial charge in [-0.25, -0.2) is 13.2 Å². The lowest BCUT2D eigenvalue weighted by molar-refractivity contribution is 0.441. The van der Waals surface area contributed by atoms with E-state index in [0.29, 0.717) is 6.42 Å². The lowest BCUT2D eigenvalue weighted by atomic mass is 10.1. The van der Waals surface area contributed by atoms with Crippen LogP contribution in [-0.2, 0) is 6.42 Å². The molecule has 0 heterocycles. The summed E-state index contributed by atoms with van der Waals surface area (Å²) >= 11 is 3.21. The Hall–Kier alpha value is -0.510. The Morgan fingerprint density at radius 3 is 2.38 bits per heavy atom. The van der Waals surface area contributed by atoms with Gasteiger partial charge >= 0.3 is 0 Å². The Morgan fingerprint density at radius 2 is 1.85 bits per heavy atom. The molecule has 4 heteroatoms. The fourth-order valence-electron chi connectivity index (χ4n) is 1.03. The topological polar surface area (TPSA) is 0 Å². The highest BCUT2D eigenvalue weighted by Gasteiger charge is 2.13. The molecule has 1 atom stereocenters. The molecule has 1 aromatic carbocycles. The molecule has 0 aliphatic heterocycles. The Labute approximate surface area is 82.9 Å². The van der Waals surface area contributed by atoms with E-state index in [0.717, 1.165) is 6.07 Å². The summed E-state index contributed by atoms with van der Waals surface area (Å²) in [6, 6.07) is 2.19. The van der Waals surface area contributed by atoms with Crippen LogP contribution in [0.2, 0.25) is 0 Å². The van der Waals surface area contributed by atoms with Crippen molar-refractivity contribution < 1.29 is 13.2 Å². The van der Waals surface area contributed by atoms with Gasteiger partial charge in [0.2, 0.25) is 0 Å². The first-order valence-electron chi connectivity index (χ1n) is 3.79. The molecular formula is C9H8BrF3. The van der Waals surface area contributed by atoms with Gasteiger partial charge in [0.25, 0.3) is 0 Å². The molecule has 0 saturated carbocycles. The number of hydrogen-bond donors (Lipinski definition) is 0. The van der Waals surface area contributed by atoms with Gasteiger partial charge in [-0.05, 0) is 18.1 Å². The van der Waals surface area contributed by atoms with Crippen molar-refractivity contribution >= 4 is 15.9 Å². The van der Waals surface area contributed by atoms with Crippen LogP contribution in [0.25, 0.3) is 0 Å². The van der Waals surface area contributed by atoms with Crippen molar-refractivity contribution in [2.24, 2.45) is 0 Å². The van der Waals surface area contributed by atoms with Crippen molar-refractivity contribution in [3.05, 3.63) is 35.1 Å². The summed E-state index contributed by atoms with van der Waals surface area (Å²) in [7, 11) is 0. The first-order valence-corrected chi connectivity index (χ1v) is 4.70. The zero-order chi connectivity index (χ0) is 10.0. The molecule has 0 aliphatic rings. The van der Waals surface area contributed by atoms with E-state index in [9.17, 15) is 13.2 Å². The molecule has 0 bridgehead atoms. The molecule has 1 rings (SSSR count). The summed E-state index contributed by atoms with van der Waals surface area (Å²) in [5, 5.41) is 0. The molecule has 13 heavy (non-hydrogen) atoms. The molecule has 0 radical (unpaired) electrons. The molecule has 0 nitrogen and oxygen atoms in total. The molecule has 0 aliphatic carbocycles. The fourth-order valence-corrected chi connectivity index (χ4v) is 1.38. The maximum Gasteiger partial charge on any atom is 0.194 e. The molecule has 0 fully saturated rings. The van der Waals surface area contributed by atoms with E-state index in [1.165, 1.54) is 6.07 Å². The van der Waals surface area contributed by atoms with Gasteiger partial charge in [-0.3, -0.25) is 0 Å². The molecule has 0 aromatic heterocycles. The van der Waals surface area contributed by atoms with Crippen LogP contribution in [0.5, 0.6) is 0 Å². The number of benzene rings is 1. The van der Waals surface area contributed by atoms with Gasteiger partial charge in [0.1, 0.15) is 0 Å². The van der Waals surface area contributed by atoms with Crippen LogP contribution >= 0.6 is 15.9 Å². The molecule has 0 N–H and O–H groups in total. The minimum Gasteiger partial charge on any atom is -0.204 e. The van der Waals surface area contributed by atoms with Crippen LogP contribution in [0.3, 0.4) is 0 Å². The number of rotatable bonds is 2. The zero-order valence-electron chi connectivity index (χ0n) is 6.95. The summed E-state index contributed by atoms with van der Waals surface area (Å²) in [5.41, 5.74) is 0.184. The minimum absolute atomic E-state index is 0.0341. The second kappa shape index (κ2) is 4.13. The van der Waals surface area contributed by atoms with E-state index < -0.39 is 17.5 Å². The molecule has 72 valence electrons. The third-order valence-corrected chi connectivity index (χ3v) is 1.94. The van der Waals surface area contributed by atoms with Crippen LogP contribution in [0.4, 0.5) is 13.2 Å². The van der Waals surface area contributed by atoms with Crippen LogP contribution in [-0.4, -0.2) is 4.83 Å². The summed E-state index contributed by atoms with van der Waals surface area (Å²) in [5.74, 6) is -3.64. The summed E-state index contributed by atoms with van der Waals surface area (Å²) in [6.45, 7) is 1.81. The highest BCUT2D eigenvalue weighted by Crippen LogP contribution is 2.18. The maximum absolute atomic E-state index is 13.0. The van der Waals surface area contributed by atoms with Crippen LogP contribution in [0, 0.1) is 17.5 Å². The first kappa shape index (κ1) is 10.6. The van der Waals surface area contributed by atoms with E-state index in [-0.39, 0.29) is 10.4 Å². The van der Waals surface area contributed by atoms with E-state index in [1.54, 1.807) is 6.92 Å². The molecule has 0 saturated heterocycles. The van der Waals surface area contributed by atoms with Gasteiger partial charge in [-0.2, -0.15) is 0 Å². The Bertz CT molecular complexity index is 310. The predicted octanol–water partition coefficient (Wildman–Crippen LogP) is 3.43. The van der Waals surface area contributed by atoms with Crippen molar-refractivity contribution in [2.75, 3.05) is 0 Å². The average Bonchev–Trinajstić information content (AvgIpc) is 2.06. The normalized spacial score (nSPS) is 13.0. The average molecular weight is 253 g/mol. The summed E-state index contributed by atoms with van der Waals surface area (Å²) in [6.07, 6.45) is 0.336. The van der Waals surface area contributed by atoms with Crippen molar-refractivity contribution in [3.63, 3.8) is 0 Å². The maximum atomic E-state index is 13.0. The number of alkyl halides is 1. The Kier molecular flexibility index (Phi) is 3.36. The van der Waals surface area contributed by atoms with Crippen LogP contribution in [0.1, 0.15) is 12.5 Å². The molecule has 1 unspecified atom stereocenters. The van der Waals surface area contributed by atoms with Crippen molar-refractivity contribution in [2.45, 2.75) is 18.2 Å². The summed E-state index contributed by atoms with van der Waals surface area (Å²) in [4.78, 5) is 0.0341. The number of halogens is 4. The first-order chi connectivity index (χ1) is 6.02. The Balaban J connectivity index is 3.04. The van der Waals surface area contributed by atoms with Crippen LogP contribution in [0.15, 0.2) is 12.1 Å². The highest BCUT2D eigenvalue weighted by atomic mass is 79.9. The van der Waals surface area contributed by atoms with E-state index >= 15 is 0 Å². The van der Waals surface area contributed by atoms with Gasteiger partial charge in [-0.1, -0.05) is 28.9 Å². The van der Waals surface area contributed by atoms with Crippen molar-refractivity contribution in [1.29, 1.82) is 0 Å². The third kappa shape index (κ3) is 2.46. The molecule has 0 spiro atoms. The van der Waals surface area contributed by atoms with Gasteiger partial charge in [-0.15, -0.1) is 0 Å². The second-order valence-electron chi connectivity index (χ2n) is 2.82. The molecule has 0 amide bonds. The molecular weight excluding hydrogens is 245 g/mol. The van der Waals surface area contributed by atoms with Gasteiger partial charge in [0.05, 0.1) is 0 Å². The second-order valence-corrected chi connectivity index (χ2v) is 4.38. The minimum atomic E-state index is -1.40. The zero-order valence-corrected chi connectivity index (χ0v) is 8.54. The smallest absolute Gasteiger partial charge is 0.194 e. The largest absolute Gasteiger partial charge is 0.204 e. The monoisotopic (exact) mass is 252 g/mol. The van der Waals surface area contributed by atoms with E-state index in [1.807, 2.05) is 0 Å². The lowest BCUT2D eigenvalue weighted by Gasteiger charge is -2.05. The SMILES string of the molecule is CC(Br)Cc1ccc(F)c(F)c1F. The van der Waals surface area contributed by atoms with Crippen molar-refractivity contribution in [3.8, 4) is 0 Å². The highest BCUT2D eigenvalue weighted by molar-refractivity contribution is 9.09.